The summed E-state index contributed by atoms with van der Waals surface area (Å²) < 4.78 is 12.2. The Hall–Kier alpha value is -1.21. The monoisotopic (exact) mass is 398 g/mol. The molecule has 2 nitrogen and oxygen atoms in total. The lowest BCUT2D eigenvalue weighted by Gasteiger charge is -2.45. The van der Waals surface area contributed by atoms with Crippen LogP contribution in [-0.2, 0) is 14.5 Å². The average molecular weight is 399 g/mol. The Labute approximate surface area is 167 Å². The van der Waals surface area contributed by atoms with Gasteiger partial charge in [-0.3, -0.25) is 0 Å². The second-order valence-corrected chi connectivity index (χ2v) is 15.2. The largest absolute Gasteiger partial charge is 0.420 e. The number of benzene rings is 2. The van der Waals surface area contributed by atoms with Gasteiger partial charge in [-0.25, -0.2) is 0 Å². The fourth-order valence-electron chi connectivity index (χ4n) is 4.23. The van der Waals surface area contributed by atoms with Gasteiger partial charge in [-0.05, 0) is 55.7 Å². The predicted molar refractivity (Wildman–Crippen MR) is 119 cm³/mol. The summed E-state index contributed by atoms with van der Waals surface area (Å²) in [6, 6.07) is 24.1. The quantitative estimate of drug-likeness (QED) is 0.569. The van der Waals surface area contributed by atoms with Crippen molar-refractivity contribution in [3.63, 3.8) is 0 Å². The van der Waals surface area contributed by atoms with E-state index in [2.05, 4.69) is 80.3 Å². The van der Waals surface area contributed by atoms with E-state index in [9.17, 15) is 0 Å². The third-order valence-electron chi connectivity index (χ3n) is 5.65. The van der Waals surface area contributed by atoms with Crippen LogP contribution in [0.1, 0.15) is 36.8 Å². The molecule has 1 unspecified atom stereocenters. The van der Waals surface area contributed by atoms with Gasteiger partial charge in [0, 0.05) is 6.61 Å². The zero-order valence-electron chi connectivity index (χ0n) is 17.1. The van der Waals surface area contributed by atoms with Gasteiger partial charge >= 0.3 is 0 Å². The zero-order valence-corrected chi connectivity index (χ0v) is 19.3. The Morgan fingerprint density at radius 3 is 1.85 bits per heavy atom. The van der Waals surface area contributed by atoms with E-state index >= 15 is 0 Å². The van der Waals surface area contributed by atoms with Crippen LogP contribution in [0.3, 0.4) is 0 Å². The van der Waals surface area contributed by atoms with Crippen molar-refractivity contribution in [2.24, 2.45) is 0 Å². The van der Waals surface area contributed by atoms with Crippen molar-refractivity contribution in [3.8, 4) is 0 Å². The first-order chi connectivity index (χ1) is 13.0. The molecule has 2 fully saturated rings. The van der Waals surface area contributed by atoms with Crippen molar-refractivity contribution in [1.82, 2.24) is 0 Å². The van der Waals surface area contributed by atoms with Gasteiger partial charge in [0.05, 0.1) is 0 Å². The Bertz CT molecular complexity index is 643. The lowest BCUT2D eigenvalue weighted by Crippen LogP contribution is -2.47. The molecule has 4 heteroatoms. The van der Waals surface area contributed by atoms with Crippen LogP contribution < -0.4 is 0 Å². The van der Waals surface area contributed by atoms with E-state index in [1.54, 1.807) is 0 Å². The molecule has 146 valence electrons. The fourth-order valence-corrected chi connectivity index (χ4v) is 8.24. The molecule has 0 aliphatic carbocycles. The molecule has 2 aromatic carbocycles. The average Bonchev–Trinajstić information content (AvgIpc) is 2.70. The molecule has 0 spiro atoms. The van der Waals surface area contributed by atoms with Crippen LogP contribution in [0.4, 0.5) is 0 Å². The van der Waals surface area contributed by atoms with Crippen molar-refractivity contribution in [2.45, 2.75) is 63.0 Å². The number of rotatable bonds is 2. The number of hydrogen-bond acceptors (Lipinski definition) is 2. The lowest BCUT2D eigenvalue weighted by atomic mass is 9.83. The Kier molecular flexibility index (Phi) is 7.09. The summed E-state index contributed by atoms with van der Waals surface area (Å²) in [6.07, 6.45) is 5.06. The van der Waals surface area contributed by atoms with Crippen LogP contribution in [0.5, 0.6) is 0 Å². The minimum Gasteiger partial charge on any atom is -0.420 e. The lowest BCUT2D eigenvalue weighted by molar-refractivity contribution is 0.0723. The highest BCUT2D eigenvalue weighted by molar-refractivity contribution is 6.71. The van der Waals surface area contributed by atoms with Gasteiger partial charge in [0.2, 0.25) is 0 Å². The van der Waals surface area contributed by atoms with E-state index in [1.807, 2.05) is 0 Å². The Morgan fingerprint density at radius 1 is 0.852 bits per heavy atom. The smallest absolute Gasteiger partial charge is 0.188 e. The van der Waals surface area contributed by atoms with E-state index in [-0.39, 0.29) is 5.60 Å². The molecule has 2 heterocycles. The molecular weight excluding hydrogens is 364 g/mol. The first-order valence-corrected chi connectivity index (χ1v) is 16.0. The van der Waals surface area contributed by atoms with Gasteiger partial charge in [0.25, 0.3) is 0 Å². The molecule has 0 N–H and O–H groups in total. The fraction of sp³-hybridized carbons (Fsp3) is 0.478. The van der Waals surface area contributed by atoms with Gasteiger partial charge in [-0.2, -0.15) is 0 Å². The van der Waals surface area contributed by atoms with Crippen LogP contribution in [0, 0.1) is 0 Å². The summed E-state index contributed by atoms with van der Waals surface area (Å²) in [5.41, 5.74) is 2.36. The van der Waals surface area contributed by atoms with E-state index in [4.69, 9.17) is 8.85 Å². The van der Waals surface area contributed by atoms with Crippen molar-refractivity contribution in [3.05, 3.63) is 71.8 Å². The van der Waals surface area contributed by atoms with Crippen LogP contribution in [0.2, 0.25) is 31.7 Å². The van der Waals surface area contributed by atoms with Crippen molar-refractivity contribution >= 4 is 17.4 Å². The molecule has 2 aliphatic rings. The van der Waals surface area contributed by atoms with Gasteiger partial charge < -0.3 is 8.85 Å². The summed E-state index contributed by atoms with van der Waals surface area (Å²) in [7, 11) is -2.19. The van der Waals surface area contributed by atoms with Crippen molar-refractivity contribution in [1.29, 1.82) is 0 Å². The molecule has 2 aromatic rings. The van der Waals surface area contributed by atoms with E-state index in [0.717, 1.165) is 13.0 Å². The molecule has 4 rings (SSSR count). The molecule has 2 saturated heterocycles. The highest BCUT2D eigenvalue weighted by Crippen LogP contribution is 2.45. The van der Waals surface area contributed by atoms with E-state index in [0.29, 0.717) is 0 Å². The minimum atomic E-state index is -1.59. The summed E-state index contributed by atoms with van der Waals surface area (Å²) in [5, 5.41) is 0. The summed E-state index contributed by atoms with van der Waals surface area (Å²) >= 11 is 0. The molecule has 1 atom stereocenters. The zero-order chi connectivity index (χ0) is 19.2. The molecule has 2 aliphatic heterocycles. The first-order valence-electron chi connectivity index (χ1n) is 10.4. The molecule has 0 aromatic heterocycles. The normalized spacial score (nSPS) is 23.7. The second kappa shape index (κ2) is 9.33. The minimum absolute atomic E-state index is 0.240. The second-order valence-electron chi connectivity index (χ2n) is 8.45. The van der Waals surface area contributed by atoms with E-state index < -0.39 is 17.4 Å². The van der Waals surface area contributed by atoms with Gasteiger partial charge in [-0.1, -0.05) is 73.5 Å². The topological polar surface area (TPSA) is 18.5 Å². The standard InChI is InChI=1S/C18H22OSi.C5H12OSi/c1-20(2)15-9-14-18(19-20,16-10-5-3-6-11-16)17-12-7-4-8-13-17;1-7-5-3-2-4-6-7/h3-8,10-13H,9,14-15H2,1-2H3;7H,2-5H2,1H3. The third kappa shape index (κ3) is 5.41. The van der Waals surface area contributed by atoms with Gasteiger partial charge in [-0.15, -0.1) is 0 Å². The maximum Gasteiger partial charge on any atom is 0.188 e. The number of hydrogen-bond donors (Lipinski definition) is 0. The molecule has 0 bridgehead atoms. The van der Waals surface area contributed by atoms with Crippen LogP contribution in [0.15, 0.2) is 60.7 Å². The molecular formula is C23H34O2Si2. The van der Waals surface area contributed by atoms with Crippen LogP contribution >= 0.6 is 0 Å². The van der Waals surface area contributed by atoms with Crippen molar-refractivity contribution in [2.75, 3.05) is 6.61 Å². The first kappa shape index (κ1) is 20.5. The predicted octanol–water partition coefficient (Wildman–Crippen LogP) is 6.10. The maximum absolute atomic E-state index is 6.77. The summed E-state index contributed by atoms with van der Waals surface area (Å²) in [5.74, 6) is 0. The van der Waals surface area contributed by atoms with E-state index in [1.165, 1.54) is 42.5 Å². The SMILES string of the molecule is C[SiH]1CCCCO1.C[Si]1(C)CCCC(c2ccccc2)(c2ccccc2)O1. The Morgan fingerprint density at radius 2 is 1.44 bits per heavy atom. The molecule has 0 radical (unpaired) electrons. The molecule has 27 heavy (non-hydrogen) atoms. The van der Waals surface area contributed by atoms with Crippen LogP contribution in [-0.4, -0.2) is 24.0 Å². The van der Waals surface area contributed by atoms with Gasteiger partial charge in [0.15, 0.2) is 17.4 Å². The maximum atomic E-state index is 6.77. The summed E-state index contributed by atoms with van der Waals surface area (Å²) in [6.45, 7) is 8.01. The highest BCUT2D eigenvalue weighted by Gasteiger charge is 2.44. The Balaban J connectivity index is 0.000000253. The molecule has 0 amide bonds. The van der Waals surface area contributed by atoms with Gasteiger partial charge in [0.1, 0.15) is 5.60 Å². The third-order valence-corrected chi connectivity index (χ3v) is 10.1. The summed E-state index contributed by atoms with van der Waals surface area (Å²) in [4.78, 5) is 0. The highest BCUT2D eigenvalue weighted by atomic mass is 28.4. The van der Waals surface area contributed by atoms with Crippen LogP contribution in [0.25, 0.3) is 0 Å². The van der Waals surface area contributed by atoms with Crippen molar-refractivity contribution < 1.29 is 8.85 Å². The molecule has 0 saturated carbocycles.